The average Bonchev–Trinajstić information content (AvgIpc) is 3.31. The topological polar surface area (TPSA) is 137 Å². The molecule has 34 heavy (non-hydrogen) atoms. The summed E-state index contributed by atoms with van der Waals surface area (Å²) in [6.45, 7) is -0.00654. The predicted molar refractivity (Wildman–Crippen MR) is 131 cm³/mol. The maximum Gasteiger partial charge on any atom is 0.240 e. The minimum absolute atomic E-state index is 0.00680. The van der Waals surface area contributed by atoms with E-state index in [-0.39, 0.29) is 35.7 Å². The molecule has 10 nitrogen and oxygen atoms in total. The minimum atomic E-state index is -3.65. The summed E-state index contributed by atoms with van der Waals surface area (Å²) in [7, 11) is -5.13. The molecule has 2 aromatic heterocycles. The van der Waals surface area contributed by atoms with E-state index in [1.165, 1.54) is 12.1 Å². The third-order valence-corrected chi connectivity index (χ3v) is 9.31. The van der Waals surface area contributed by atoms with Crippen LogP contribution in [0.1, 0.15) is 25.7 Å². The van der Waals surface area contributed by atoms with Crippen molar-refractivity contribution in [2.75, 3.05) is 30.8 Å². The molecule has 0 bridgehead atoms. The zero-order chi connectivity index (χ0) is 24.2. The van der Waals surface area contributed by atoms with Gasteiger partial charge in [0.05, 0.1) is 16.0 Å². The molecule has 1 aliphatic rings. The van der Waals surface area contributed by atoms with Gasteiger partial charge in [0.1, 0.15) is 17.8 Å². The number of benzene rings is 1. The molecular formula is C22H30N6O4S2. The number of sulfonamides is 2. The van der Waals surface area contributed by atoms with Crippen LogP contribution < -0.4 is 14.3 Å². The van der Waals surface area contributed by atoms with Crippen molar-refractivity contribution in [2.24, 2.45) is 5.92 Å². The summed E-state index contributed by atoms with van der Waals surface area (Å²) in [6.07, 6.45) is 6.76. The molecule has 0 saturated heterocycles. The lowest BCUT2D eigenvalue weighted by Gasteiger charge is -2.35. The highest BCUT2D eigenvalue weighted by Gasteiger charge is 2.28. The van der Waals surface area contributed by atoms with Crippen LogP contribution in [-0.4, -0.2) is 63.7 Å². The first kappa shape index (κ1) is 24.6. The quantitative estimate of drug-likeness (QED) is 0.357. The van der Waals surface area contributed by atoms with Gasteiger partial charge in [-0.25, -0.2) is 36.2 Å². The van der Waals surface area contributed by atoms with Crippen LogP contribution in [0.15, 0.2) is 53.8 Å². The maximum absolute atomic E-state index is 12.5. The second kappa shape index (κ2) is 10.4. The number of rotatable bonds is 10. The SMILES string of the molecule is CN(c1ncnc2[nH]ccc12)C1CCC(CS(=O)(=O)NCCNS(=O)(=O)c2ccccc2)CC1. The molecule has 4 rings (SSSR count). The van der Waals surface area contributed by atoms with Gasteiger partial charge < -0.3 is 9.88 Å². The van der Waals surface area contributed by atoms with Crippen LogP contribution in [0.2, 0.25) is 0 Å². The predicted octanol–water partition coefficient (Wildman–Crippen LogP) is 1.85. The van der Waals surface area contributed by atoms with Gasteiger partial charge in [0.15, 0.2) is 0 Å². The molecule has 0 atom stereocenters. The molecule has 12 heteroatoms. The molecule has 0 unspecified atom stereocenters. The summed E-state index contributed by atoms with van der Waals surface area (Å²) in [4.78, 5) is 14.1. The number of fused-ring (bicyclic) bond motifs is 1. The van der Waals surface area contributed by atoms with E-state index in [0.29, 0.717) is 0 Å². The lowest BCUT2D eigenvalue weighted by molar-refractivity contribution is 0.340. The summed E-state index contributed by atoms with van der Waals surface area (Å²) in [6, 6.07) is 10.2. The van der Waals surface area contributed by atoms with Crippen molar-refractivity contribution >= 4 is 36.9 Å². The zero-order valence-electron chi connectivity index (χ0n) is 19.0. The highest BCUT2D eigenvalue weighted by atomic mass is 32.2. The maximum atomic E-state index is 12.5. The van der Waals surface area contributed by atoms with E-state index in [2.05, 4.69) is 29.3 Å². The summed E-state index contributed by atoms with van der Waals surface area (Å²) >= 11 is 0. The van der Waals surface area contributed by atoms with E-state index in [1.54, 1.807) is 24.5 Å². The molecule has 0 amide bonds. The molecule has 3 N–H and O–H groups in total. The molecule has 3 aromatic rings. The van der Waals surface area contributed by atoms with Crippen LogP contribution in [-0.2, 0) is 20.0 Å². The Balaban J connectivity index is 1.23. The van der Waals surface area contributed by atoms with Gasteiger partial charge in [-0.3, -0.25) is 0 Å². The van der Waals surface area contributed by atoms with E-state index < -0.39 is 20.0 Å². The van der Waals surface area contributed by atoms with Crippen LogP contribution in [0, 0.1) is 5.92 Å². The van der Waals surface area contributed by atoms with E-state index in [4.69, 9.17) is 0 Å². The summed E-state index contributed by atoms with van der Waals surface area (Å²) in [5.74, 6) is 0.993. The number of nitrogens with one attached hydrogen (secondary N) is 3. The fourth-order valence-electron chi connectivity index (χ4n) is 4.46. The number of nitrogens with zero attached hydrogens (tertiary/aromatic N) is 3. The highest BCUT2D eigenvalue weighted by molar-refractivity contribution is 7.89. The number of aromatic amines is 1. The first-order chi connectivity index (χ1) is 16.3. The van der Waals surface area contributed by atoms with Crippen molar-refractivity contribution in [3.63, 3.8) is 0 Å². The Kier molecular flexibility index (Phi) is 7.51. The summed E-state index contributed by atoms with van der Waals surface area (Å²) in [5, 5.41) is 0.974. The molecule has 0 aliphatic heterocycles. The van der Waals surface area contributed by atoms with Crippen LogP contribution in [0.5, 0.6) is 0 Å². The van der Waals surface area contributed by atoms with E-state index in [1.807, 2.05) is 19.3 Å². The number of hydrogen-bond acceptors (Lipinski definition) is 7. The molecule has 1 saturated carbocycles. The first-order valence-electron chi connectivity index (χ1n) is 11.3. The zero-order valence-corrected chi connectivity index (χ0v) is 20.6. The first-order valence-corrected chi connectivity index (χ1v) is 14.4. The second-order valence-electron chi connectivity index (χ2n) is 8.61. The van der Waals surface area contributed by atoms with Gasteiger partial charge in [0, 0.05) is 32.4 Å². The minimum Gasteiger partial charge on any atom is -0.356 e. The molecule has 184 valence electrons. The number of anilines is 1. The Hall–Kier alpha value is -2.54. The second-order valence-corrected chi connectivity index (χ2v) is 12.2. The molecule has 2 heterocycles. The Morgan fingerprint density at radius 3 is 2.41 bits per heavy atom. The van der Waals surface area contributed by atoms with Crippen LogP contribution in [0.25, 0.3) is 11.0 Å². The normalized spacial score (nSPS) is 19.3. The van der Waals surface area contributed by atoms with Gasteiger partial charge >= 0.3 is 0 Å². The largest absolute Gasteiger partial charge is 0.356 e. The van der Waals surface area contributed by atoms with Gasteiger partial charge in [-0.1, -0.05) is 18.2 Å². The highest BCUT2D eigenvalue weighted by Crippen LogP contribution is 2.31. The van der Waals surface area contributed by atoms with Gasteiger partial charge in [-0.05, 0) is 49.8 Å². The Labute approximate surface area is 200 Å². The third-order valence-electron chi connectivity index (χ3n) is 6.28. The van der Waals surface area contributed by atoms with Gasteiger partial charge in [0.25, 0.3) is 0 Å². The Morgan fingerprint density at radius 1 is 0.971 bits per heavy atom. The number of aromatic nitrogens is 3. The molecule has 1 fully saturated rings. The van der Waals surface area contributed by atoms with Crippen molar-refractivity contribution in [3.8, 4) is 0 Å². The Bertz CT molecular complexity index is 1300. The third kappa shape index (κ3) is 5.93. The van der Waals surface area contributed by atoms with Crippen molar-refractivity contribution in [1.29, 1.82) is 0 Å². The molecule has 1 aliphatic carbocycles. The summed E-state index contributed by atoms with van der Waals surface area (Å²) in [5.41, 5.74) is 0.800. The fraction of sp³-hybridized carbons (Fsp3) is 0.455. The monoisotopic (exact) mass is 506 g/mol. The number of H-pyrrole nitrogens is 1. The lowest BCUT2D eigenvalue weighted by atomic mass is 9.86. The molecular weight excluding hydrogens is 476 g/mol. The average molecular weight is 507 g/mol. The van der Waals surface area contributed by atoms with E-state index in [9.17, 15) is 16.8 Å². The van der Waals surface area contributed by atoms with Crippen molar-refractivity contribution in [1.82, 2.24) is 24.4 Å². The van der Waals surface area contributed by atoms with Crippen molar-refractivity contribution in [2.45, 2.75) is 36.6 Å². The fourth-order valence-corrected chi connectivity index (χ4v) is 6.99. The van der Waals surface area contributed by atoms with Crippen LogP contribution in [0.3, 0.4) is 0 Å². The van der Waals surface area contributed by atoms with E-state index in [0.717, 1.165) is 42.5 Å². The van der Waals surface area contributed by atoms with E-state index >= 15 is 0 Å². The van der Waals surface area contributed by atoms with Gasteiger partial charge in [-0.2, -0.15) is 0 Å². The molecule has 0 spiro atoms. The van der Waals surface area contributed by atoms with Crippen molar-refractivity contribution < 1.29 is 16.8 Å². The van der Waals surface area contributed by atoms with Crippen LogP contribution >= 0.6 is 0 Å². The van der Waals surface area contributed by atoms with Crippen molar-refractivity contribution in [3.05, 3.63) is 48.9 Å². The standard InChI is InChI=1S/C22H30N6O4S2/c1-28(22-20-11-12-23-21(20)24-16-25-22)18-9-7-17(8-10-18)15-33(29,30)26-13-14-27-34(31,32)19-5-3-2-4-6-19/h2-6,11-12,16-18,26-27H,7-10,13-15H2,1H3,(H,23,24,25). The smallest absolute Gasteiger partial charge is 0.240 e. The molecule has 0 radical (unpaired) electrons. The molecule has 1 aromatic carbocycles. The summed E-state index contributed by atoms with van der Waals surface area (Å²) < 4.78 is 54.4. The lowest BCUT2D eigenvalue weighted by Crippen LogP contribution is -2.39. The Morgan fingerprint density at radius 2 is 1.68 bits per heavy atom. The van der Waals surface area contributed by atoms with Gasteiger partial charge in [-0.15, -0.1) is 0 Å². The van der Waals surface area contributed by atoms with Gasteiger partial charge in [0.2, 0.25) is 20.0 Å². The number of hydrogen-bond donors (Lipinski definition) is 3. The van der Waals surface area contributed by atoms with Crippen LogP contribution in [0.4, 0.5) is 5.82 Å².